The number of nitrogens with zero attached hydrogens (tertiary/aromatic N) is 4. The van der Waals surface area contributed by atoms with Crippen LogP contribution in [0.4, 0.5) is 5.69 Å². The van der Waals surface area contributed by atoms with Crippen molar-refractivity contribution in [2.75, 3.05) is 31.1 Å². The smallest absolute Gasteiger partial charge is 0.270 e. The summed E-state index contributed by atoms with van der Waals surface area (Å²) in [5.41, 5.74) is 4.81. The fraction of sp³-hybridized carbons (Fsp3) is 0.417. The monoisotopic (exact) mass is 432 g/mol. The van der Waals surface area contributed by atoms with E-state index in [9.17, 15) is 9.59 Å². The SMILES string of the molecule is Cc1cc2ncc([C@@H](C)N3CCN(c4ccc(C(=O)NC5CC5)nc4)CC3)cc2[nH]c1=O. The molecule has 2 fully saturated rings. The number of amides is 1. The summed E-state index contributed by atoms with van der Waals surface area (Å²) in [6, 6.07) is 8.20. The molecule has 32 heavy (non-hydrogen) atoms. The van der Waals surface area contributed by atoms with E-state index in [-0.39, 0.29) is 17.5 Å². The van der Waals surface area contributed by atoms with E-state index in [1.54, 1.807) is 13.1 Å². The van der Waals surface area contributed by atoms with Crippen molar-refractivity contribution >= 4 is 22.6 Å². The summed E-state index contributed by atoms with van der Waals surface area (Å²) in [5.74, 6) is -0.0850. The van der Waals surface area contributed by atoms with Crippen LogP contribution in [-0.2, 0) is 0 Å². The number of anilines is 1. The van der Waals surface area contributed by atoms with Gasteiger partial charge in [0.25, 0.3) is 11.5 Å². The summed E-state index contributed by atoms with van der Waals surface area (Å²) < 4.78 is 0. The summed E-state index contributed by atoms with van der Waals surface area (Å²) in [4.78, 5) is 40.7. The highest BCUT2D eigenvalue weighted by Crippen LogP contribution is 2.25. The quantitative estimate of drug-likeness (QED) is 0.643. The molecule has 2 N–H and O–H groups in total. The van der Waals surface area contributed by atoms with E-state index < -0.39 is 0 Å². The molecule has 4 heterocycles. The molecule has 0 spiro atoms. The van der Waals surface area contributed by atoms with Crippen molar-refractivity contribution in [1.82, 2.24) is 25.2 Å². The number of aryl methyl sites for hydroxylation is 1. The van der Waals surface area contributed by atoms with Crippen LogP contribution in [0.5, 0.6) is 0 Å². The Morgan fingerprint density at radius 2 is 1.91 bits per heavy atom. The average Bonchev–Trinajstić information content (AvgIpc) is 3.63. The van der Waals surface area contributed by atoms with Crippen LogP contribution in [-0.4, -0.2) is 58.0 Å². The largest absolute Gasteiger partial charge is 0.368 e. The van der Waals surface area contributed by atoms with E-state index in [1.165, 1.54) is 0 Å². The second kappa shape index (κ2) is 8.35. The number of H-pyrrole nitrogens is 1. The van der Waals surface area contributed by atoms with Crippen molar-refractivity contribution in [3.63, 3.8) is 0 Å². The number of piperazine rings is 1. The van der Waals surface area contributed by atoms with E-state index in [2.05, 4.69) is 37.0 Å². The van der Waals surface area contributed by atoms with Crippen molar-refractivity contribution < 1.29 is 4.79 Å². The highest BCUT2D eigenvalue weighted by atomic mass is 16.2. The van der Waals surface area contributed by atoms with Crippen molar-refractivity contribution in [3.05, 3.63) is 63.8 Å². The van der Waals surface area contributed by atoms with Crippen LogP contribution in [0.1, 0.15) is 47.4 Å². The first-order chi connectivity index (χ1) is 15.5. The van der Waals surface area contributed by atoms with Crippen LogP contribution in [0, 0.1) is 6.92 Å². The number of nitrogens with one attached hydrogen (secondary N) is 2. The zero-order valence-electron chi connectivity index (χ0n) is 18.5. The van der Waals surface area contributed by atoms with Crippen LogP contribution >= 0.6 is 0 Å². The number of hydrogen-bond donors (Lipinski definition) is 2. The minimum Gasteiger partial charge on any atom is -0.368 e. The Labute approximate surface area is 186 Å². The van der Waals surface area contributed by atoms with Crippen molar-refractivity contribution in [2.24, 2.45) is 0 Å². The molecule has 1 saturated heterocycles. The molecule has 8 nitrogen and oxygen atoms in total. The third-order valence-corrected chi connectivity index (χ3v) is 6.50. The molecule has 8 heteroatoms. The van der Waals surface area contributed by atoms with E-state index in [0.717, 1.165) is 61.3 Å². The maximum Gasteiger partial charge on any atom is 0.270 e. The Morgan fingerprint density at radius 1 is 1.12 bits per heavy atom. The molecule has 0 unspecified atom stereocenters. The number of fused-ring (bicyclic) bond motifs is 1. The van der Waals surface area contributed by atoms with Crippen molar-refractivity contribution in [1.29, 1.82) is 0 Å². The van der Waals surface area contributed by atoms with Crippen molar-refractivity contribution in [3.8, 4) is 0 Å². The molecular formula is C24H28N6O2. The second-order valence-corrected chi connectivity index (χ2v) is 8.83. The van der Waals surface area contributed by atoms with Gasteiger partial charge in [-0.3, -0.25) is 19.5 Å². The molecule has 1 saturated carbocycles. The van der Waals surface area contributed by atoms with Gasteiger partial charge in [-0.05, 0) is 56.5 Å². The Hall–Kier alpha value is -3.26. The molecule has 166 valence electrons. The standard InChI is InChI=1S/C24H28N6O2/c1-15-11-21-22(28-23(15)31)12-17(13-25-21)16(2)29-7-9-30(10-8-29)19-5-6-20(26-14-19)24(32)27-18-3-4-18/h5-6,11-14,16,18H,3-4,7-10H2,1-2H3,(H,27,32)(H,28,31)/t16-/m1/s1. The Balaban J connectivity index is 1.22. The molecule has 2 aliphatic rings. The molecular weight excluding hydrogens is 404 g/mol. The van der Waals surface area contributed by atoms with Gasteiger partial charge in [0.2, 0.25) is 0 Å². The maximum atomic E-state index is 12.1. The number of aromatic amines is 1. The number of pyridine rings is 3. The molecule has 3 aromatic heterocycles. The summed E-state index contributed by atoms with van der Waals surface area (Å²) >= 11 is 0. The molecule has 0 bridgehead atoms. The van der Waals surface area contributed by atoms with Gasteiger partial charge in [0.05, 0.1) is 22.9 Å². The Morgan fingerprint density at radius 3 is 2.59 bits per heavy atom. The molecule has 3 aromatic rings. The zero-order chi connectivity index (χ0) is 22.2. The molecule has 1 atom stereocenters. The third-order valence-electron chi connectivity index (χ3n) is 6.50. The lowest BCUT2D eigenvalue weighted by Crippen LogP contribution is -2.47. The van der Waals surface area contributed by atoms with Gasteiger partial charge < -0.3 is 15.2 Å². The predicted octanol–water partition coefficient (Wildman–Crippen LogP) is 2.40. The lowest BCUT2D eigenvalue weighted by atomic mass is 10.1. The molecule has 1 aliphatic heterocycles. The number of aromatic nitrogens is 3. The van der Waals surface area contributed by atoms with Gasteiger partial charge in [0, 0.05) is 50.0 Å². The molecule has 0 radical (unpaired) electrons. The fourth-order valence-corrected chi connectivity index (χ4v) is 4.20. The average molecular weight is 433 g/mol. The first-order valence-corrected chi connectivity index (χ1v) is 11.2. The fourth-order valence-electron chi connectivity index (χ4n) is 4.20. The van der Waals surface area contributed by atoms with Gasteiger partial charge in [0.15, 0.2) is 0 Å². The highest BCUT2D eigenvalue weighted by molar-refractivity contribution is 5.92. The van der Waals surface area contributed by atoms with Gasteiger partial charge in [-0.25, -0.2) is 4.98 Å². The predicted molar refractivity (Wildman–Crippen MR) is 124 cm³/mol. The summed E-state index contributed by atoms with van der Waals surface area (Å²) in [7, 11) is 0. The number of carbonyl (C=O) groups is 1. The topological polar surface area (TPSA) is 94.2 Å². The normalized spacial score (nSPS) is 18.0. The lowest BCUT2D eigenvalue weighted by Gasteiger charge is -2.39. The number of hydrogen-bond acceptors (Lipinski definition) is 6. The van der Waals surface area contributed by atoms with Gasteiger partial charge in [-0.15, -0.1) is 0 Å². The van der Waals surface area contributed by atoms with Gasteiger partial charge in [-0.1, -0.05) is 0 Å². The highest BCUT2D eigenvalue weighted by Gasteiger charge is 2.25. The van der Waals surface area contributed by atoms with Gasteiger partial charge in [0.1, 0.15) is 5.69 Å². The van der Waals surface area contributed by atoms with Gasteiger partial charge >= 0.3 is 0 Å². The molecule has 1 aliphatic carbocycles. The van der Waals surface area contributed by atoms with Crippen LogP contribution in [0.25, 0.3) is 11.0 Å². The summed E-state index contributed by atoms with van der Waals surface area (Å²) in [5, 5.41) is 2.97. The minimum absolute atomic E-state index is 0.0673. The lowest BCUT2D eigenvalue weighted by molar-refractivity contribution is 0.0946. The zero-order valence-corrected chi connectivity index (χ0v) is 18.5. The maximum absolute atomic E-state index is 12.1. The molecule has 1 amide bonds. The van der Waals surface area contributed by atoms with Crippen LogP contribution in [0.3, 0.4) is 0 Å². The van der Waals surface area contributed by atoms with Crippen molar-refractivity contribution in [2.45, 2.75) is 38.8 Å². The van der Waals surface area contributed by atoms with Crippen LogP contribution in [0.2, 0.25) is 0 Å². The Kier molecular flexibility index (Phi) is 5.38. The van der Waals surface area contributed by atoms with Crippen LogP contribution < -0.4 is 15.8 Å². The van der Waals surface area contributed by atoms with Gasteiger partial charge in [-0.2, -0.15) is 0 Å². The van der Waals surface area contributed by atoms with E-state index >= 15 is 0 Å². The number of carbonyl (C=O) groups excluding carboxylic acids is 1. The molecule has 5 rings (SSSR count). The summed E-state index contributed by atoms with van der Waals surface area (Å²) in [6.45, 7) is 7.57. The molecule has 0 aromatic carbocycles. The third kappa shape index (κ3) is 4.23. The Bertz CT molecular complexity index is 1190. The number of rotatable bonds is 5. The first-order valence-electron chi connectivity index (χ1n) is 11.2. The van der Waals surface area contributed by atoms with Crippen LogP contribution in [0.15, 0.2) is 41.5 Å². The van der Waals surface area contributed by atoms with E-state index in [1.807, 2.05) is 30.5 Å². The minimum atomic E-state index is -0.0850. The van der Waals surface area contributed by atoms with E-state index in [4.69, 9.17) is 0 Å². The first kappa shape index (κ1) is 20.6. The second-order valence-electron chi connectivity index (χ2n) is 8.83. The van der Waals surface area contributed by atoms with E-state index in [0.29, 0.717) is 17.3 Å². The summed E-state index contributed by atoms with van der Waals surface area (Å²) in [6.07, 6.45) is 5.84.